The molecule has 0 atom stereocenters. The molecule has 0 radical (unpaired) electrons. The van der Waals surface area contributed by atoms with Crippen LogP contribution in [0.4, 0.5) is 0 Å². The minimum Gasteiger partial charge on any atom is -0.243 e. The molecule has 3 rings (SSSR count). The largest absolute Gasteiger partial charge is 0.243 e. The molecule has 0 aliphatic heterocycles. The molecule has 0 spiro atoms. The molecule has 3 heteroatoms. The van der Waals surface area contributed by atoms with Crippen molar-refractivity contribution in [1.82, 2.24) is 9.97 Å². The normalized spacial score (nSPS) is 10.4. The smallest absolute Gasteiger partial charge is 0.167 e. The van der Waals surface area contributed by atoms with Crippen LogP contribution >= 0.6 is 0 Å². The van der Waals surface area contributed by atoms with Gasteiger partial charge in [0, 0.05) is 5.56 Å². The summed E-state index contributed by atoms with van der Waals surface area (Å²) in [6.07, 6.45) is 0. The Morgan fingerprint density at radius 3 is 2.10 bits per heavy atom. The summed E-state index contributed by atoms with van der Waals surface area (Å²) in [7, 11) is 0. The van der Waals surface area contributed by atoms with E-state index in [1.54, 1.807) is 0 Å². The summed E-state index contributed by atoms with van der Waals surface area (Å²) in [6, 6.07) is 15.8. The molecule has 0 bridgehead atoms. The van der Waals surface area contributed by atoms with Crippen molar-refractivity contribution in [1.29, 1.82) is 5.26 Å². The molecular formula is C17H13N3. The van der Waals surface area contributed by atoms with E-state index < -0.39 is 0 Å². The van der Waals surface area contributed by atoms with Crippen LogP contribution in [0.5, 0.6) is 0 Å². The van der Waals surface area contributed by atoms with Gasteiger partial charge in [-0.3, -0.25) is 0 Å². The highest BCUT2D eigenvalue weighted by molar-refractivity contribution is 5.81. The number of hydrogen-bond acceptors (Lipinski definition) is 3. The van der Waals surface area contributed by atoms with Crippen LogP contribution in [0, 0.1) is 25.2 Å². The van der Waals surface area contributed by atoms with Crippen molar-refractivity contribution in [2.24, 2.45) is 0 Å². The molecule has 0 saturated carbocycles. The summed E-state index contributed by atoms with van der Waals surface area (Å²) in [5.74, 6) is 0. The first kappa shape index (κ1) is 12.3. The van der Waals surface area contributed by atoms with Crippen LogP contribution in [-0.4, -0.2) is 9.97 Å². The van der Waals surface area contributed by atoms with E-state index in [0.29, 0.717) is 11.4 Å². The third-order valence-electron chi connectivity index (χ3n) is 3.43. The molecular weight excluding hydrogens is 246 g/mol. The van der Waals surface area contributed by atoms with Crippen LogP contribution in [-0.2, 0) is 0 Å². The summed E-state index contributed by atoms with van der Waals surface area (Å²) in [5.41, 5.74) is 5.85. The molecule has 0 fully saturated rings. The van der Waals surface area contributed by atoms with E-state index in [4.69, 9.17) is 0 Å². The maximum absolute atomic E-state index is 9.31. The molecule has 2 aromatic carbocycles. The Morgan fingerprint density at radius 1 is 0.900 bits per heavy atom. The first-order valence-electron chi connectivity index (χ1n) is 6.43. The van der Waals surface area contributed by atoms with Crippen LogP contribution in [0.2, 0.25) is 0 Å². The van der Waals surface area contributed by atoms with Gasteiger partial charge < -0.3 is 0 Å². The van der Waals surface area contributed by atoms with Crippen LogP contribution in [0.1, 0.15) is 16.8 Å². The van der Waals surface area contributed by atoms with E-state index in [-0.39, 0.29) is 0 Å². The zero-order valence-electron chi connectivity index (χ0n) is 11.4. The lowest BCUT2D eigenvalue weighted by Crippen LogP contribution is -1.96. The molecule has 0 saturated heterocycles. The predicted octanol–water partition coefficient (Wildman–Crippen LogP) is 3.79. The zero-order valence-corrected chi connectivity index (χ0v) is 11.4. The van der Waals surface area contributed by atoms with Gasteiger partial charge in [0.05, 0.1) is 11.0 Å². The number of hydrogen-bond donors (Lipinski definition) is 0. The Balaban J connectivity index is 2.33. The molecule has 1 aromatic heterocycles. The molecule has 0 unspecified atom stereocenters. The molecule has 3 nitrogen and oxygen atoms in total. The minimum atomic E-state index is 0.368. The Bertz CT molecular complexity index is 830. The van der Waals surface area contributed by atoms with Crippen molar-refractivity contribution in [3.8, 4) is 17.3 Å². The molecule has 1 heterocycles. The Kier molecular flexibility index (Phi) is 2.92. The lowest BCUT2D eigenvalue weighted by atomic mass is 10.1. The van der Waals surface area contributed by atoms with Crippen molar-refractivity contribution in [3.05, 3.63) is 59.3 Å². The Hall–Kier alpha value is -2.73. The second kappa shape index (κ2) is 4.75. The molecule has 0 aliphatic rings. The van der Waals surface area contributed by atoms with Gasteiger partial charge in [-0.05, 0) is 37.1 Å². The quantitative estimate of drug-likeness (QED) is 0.668. The Morgan fingerprint density at radius 2 is 1.50 bits per heavy atom. The maximum Gasteiger partial charge on any atom is 0.167 e. The average Bonchev–Trinajstić information content (AvgIpc) is 2.48. The molecule has 96 valence electrons. The summed E-state index contributed by atoms with van der Waals surface area (Å²) in [4.78, 5) is 9.08. The standard InChI is InChI=1S/C17H13N3/c1-11-8-14-15(9-12(11)2)20-17(16(10-18)19-14)13-6-4-3-5-7-13/h3-9H,1-2H3. The minimum absolute atomic E-state index is 0.368. The lowest BCUT2D eigenvalue weighted by molar-refractivity contribution is 1.23. The zero-order chi connectivity index (χ0) is 14.1. The number of nitrogens with zero attached hydrogens (tertiary/aromatic N) is 3. The lowest BCUT2D eigenvalue weighted by Gasteiger charge is -2.07. The summed E-state index contributed by atoms with van der Waals surface area (Å²) >= 11 is 0. The van der Waals surface area contributed by atoms with Gasteiger partial charge in [-0.15, -0.1) is 0 Å². The second-order valence-electron chi connectivity index (χ2n) is 4.82. The van der Waals surface area contributed by atoms with E-state index in [2.05, 4.69) is 23.0 Å². The van der Waals surface area contributed by atoms with Gasteiger partial charge in [-0.2, -0.15) is 5.26 Å². The molecule has 0 amide bonds. The molecule has 0 N–H and O–H groups in total. The number of benzene rings is 2. The summed E-state index contributed by atoms with van der Waals surface area (Å²) in [6.45, 7) is 4.09. The summed E-state index contributed by atoms with van der Waals surface area (Å²) in [5, 5.41) is 9.31. The van der Waals surface area contributed by atoms with Crippen molar-refractivity contribution in [2.75, 3.05) is 0 Å². The fourth-order valence-corrected chi connectivity index (χ4v) is 2.19. The van der Waals surface area contributed by atoms with E-state index in [9.17, 15) is 5.26 Å². The first-order chi connectivity index (χ1) is 9.69. The van der Waals surface area contributed by atoms with Crippen molar-refractivity contribution in [2.45, 2.75) is 13.8 Å². The first-order valence-corrected chi connectivity index (χ1v) is 6.43. The molecule has 0 aliphatic carbocycles. The van der Waals surface area contributed by atoms with Gasteiger partial charge in [0.1, 0.15) is 11.8 Å². The van der Waals surface area contributed by atoms with Gasteiger partial charge in [0.15, 0.2) is 5.69 Å². The monoisotopic (exact) mass is 259 g/mol. The van der Waals surface area contributed by atoms with Crippen LogP contribution in [0.3, 0.4) is 0 Å². The van der Waals surface area contributed by atoms with Crippen LogP contribution in [0.25, 0.3) is 22.3 Å². The third-order valence-corrected chi connectivity index (χ3v) is 3.43. The number of nitriles is 1. The second-order valence-corrected chi connectivity index (χ2v) is 4.82. The highest BCUT2D eigenvalue weighted by Gasteiger charge is 2.11. The Labute approximate surface area is 117 Å². The van der Waals surface area contributed by atoms with Crippen molar-refractivity contribution >= 4 is 11.0 Å². The van der Waals surface area contributed by atoms with E-state index in [1.807, 2.05) is 49.4 Å². The SMILES string of the molecule is Cc1cc2nc(C#N)c(-c3ccccc3)nc2cc1C. The number of aryl methyl sites for hydroxylation is 2. The van der Waals surface area contributed by atoms with Gasteiger partial charge in [0.2, 0.25) is 0 Å². The van der Waals surface area contributed by atoms with E-state index in [0.717, 1.165) is 22.2 Å². The topological polar surface area (TPSA) is 49.6 Å². The highest BCUT2D eigenvalue weighted by atomic mass is 14.8. The van der Waals surface area contributed by atoms with Gasteiger partial charge in [0.25, 0.3) is 0 Å². The van der Waals surface area contributed by atoms with Gasteiger partial charge >= 0.3 is 0 Å². The van der Waals surface area contributed by atoms with Crippen molar-refractivity contribution < 1.29 is 0 Å². The van der Waals surface area contributed by atoms with E-state index >= 15 is 0 Å². The fourth-order valence-electron chi connectivity index (χ4n) is 2.19. The third kappa shape index (κ3) is 2.02. The van der Waals surface area contributed by atoms with Gasteiger partial charge in [-0.1, -0.05) is 30.3 Å². The maximum atomic E-state index is 9.31. The van der Waals surface area contributed by atoms with Crippen molar-refractivity contribution in [3.63, 3.8) is 0 Å². The molecule has 3 aromatic rings. The summed E-state index contributed by atoms with van der Waals surface area (Å²) < 4.78 is 0. The van der Waals surface area contributed by atoms with Gasteiger partial charge in [-0.25, -0.2) is 9.97 Å². The number of aromatic nitrogens is 2. The predicted molar refractivity (Wildman–Crippen MR) is 79.2 cm³/mol. The van der Waals surface area contributed by atoms with Crippen LogP contribution in [0.15, 0.2) is 42.5 Å². The molecule has 20 heavy (non-hydrogen) atoms. The van der Waals surface area contributed by atoms with E-state index in [1.165, 1.54) is 5.56 Å². The number of rotatable bonds is 1. The van der Waals surface area contributed by atoms with Crippen LogP contribution < -0.4 is 0 Å². The highest BCUT2D eigenvalue weighted by Crippen LogP contribution is 2.24. The fraction of sp³-hybridized carbons (Fsp3) is 0.118. The average molecular weight is 259 g/mol. The number of fused-ring (bicyclic) bond motifs is 1.